The van der Waals surface area contributed by atoms with E-state index in [2.05, 4.69) is 9.71 Å². The Balaban J connectivity index is 2.46. The van der Waals surface area contributed by atoms with Gasteiger partial charge in [0, 0.05) is 28.2 Å². The van der Waals surface area contributed by atoms with Crippen molar-refractivity contribution in [1.29, 1.82) is 0 Å². The van der Waals surface area contributed by atoms with Gasteiger partial charge < -0.3 is 26.0 Å². The predicted molar refractivity (Wildman–Crippen MR) is 96.0 cm³/mol. The summed E-state index contributed by atoms with van der Waals surface area (Å²) in [6, 6.07) is 4.32. The molecule has 0 bridgehead atoms. The molecule has 11 heteroatoms. The molecule has 4 N–H and O–H groups in total. The summed E-state index contributed by atoms with van der Waals surface area (Å²) in [5, 5.41) is 12.9. The molecule has 140 valence electrons. The smallest absolute Gasteiger partial charge is 0.292 e. The number of anilines is 1. The fraction of sp³-hybridized carbons (Fsp3) is 0.267. The van der Waals surface area contributed by atoms with E-state index in [1.807, 2.05) is 0 Å². The van der Waals surface area contributed by atoms with E-state index in [4.69, 9.17) is 5.73 Å². The van der Waals surface area contributed by atoms with Crippen molar-refractivity contribution in [3.63, 3.8) is 0 Å². The first-order valence-corrected chi connectivity index (χ1v) is 8.78. The molecule has 1 heterocycles. The van der Waals surface area contributed by atoms with Crippen molar-refractivity contribution in [1.82, 2.24) is 9.80 Å². The van der Waals surface area contributed by atoms with Crippen molar-refractivity contribution in [3.05, 3.63) is 34.4 Å². The van der Waals surface area contributed by atoms with Gasteiger partial charge in [-0.3, -0.25) is 9.59 Å². The summed E-state index contributed by atoms with van der Waals surface area (Å²) in [4.78, 5) is 25.8. The van der Waals surface area contributed by atoms with E-state index in [0.717, 1.165) is 4.90 Å². The van der Waals surface area contributed by atoms with Crippen LogP contribution in [-0.2, 0) is 14.8 Å². The predicted octanol–water partition coefficient (Wildman–Crippen LogP) is -0.494. The number of aromatic hydroxyl groups is 1. The number of rotatable bonds is 3. The molecule has 0 unspecified atom stereocenters. The molecule has 26 heavy (non-hydrogen) atoms. The highest BCUT2D eigenvalue weighted by atomic mass is 32.2. The third-order valence-corrected chi connectivity index (χ3v) is 4.83. The molecular weight excluding hydrogens is 362 g/mol. The molecule has 0 spiro atoms. The first-order valence-electron chi connectivity index (χ1n) is 7.34. The van der Waals surface area contributed by atoms with Gasteiger partial charge >= 0.3 is 0 Å². The maximum Gasteiger partial charge on any atom is 0.292 e. The van der Waals surface area contributed by atoms with Crippen LogP contribution in [0.5, 0.6) is 5.75 Å². The number of hydrogen-bond acceptors (Lipinski definition) is 7. The number of amides is 2. The zero-order valence-corrected chi connectivity index (χ0v) is 15.5. The van der Waals surface area contributed by atoms with E-state index < -0.39 is 32.5 Å². The Labute approximate surface area is 150 Å². The van der Waals surface area contributed by atoms with Gasteiger partial charge in [-0.15, -0.1) is 4.40 Å². The lowest BCUT2D eigenvalue weighted by Gasteiger charge is -2.15. The molecule has 2 amide bonds. The second kappa shape index (κ2) is 6.67. The lowest BCUT2D eigenvalue weighted by Crippen LogP contribution is -2.29. The van der Waals surface area contributed by atoms with Crippen LogP contribution in [0.2, 0.25) is 0 Å². The van der Waals surface area contributed by atoms with Crippen LogP contribution in [0.3, 0.4) is 0 Å². The van der Waals surface area contributed by atoms with Gasteiger partial charge in [-0.25, -0.2) is 0 Å². The second-order valence-corrected chi connectivity index (χ2v) is 7.42. The molecule has 0 atom stereocenters. The van der Waals surface area contributed by atoms with Gasteiger partial charge in [0.2, 0.25) is 0 Å². The van der Waals surface area contributed by atoms with E-state index in [-0.39, 0.29) is 22.8 Å². The Morgan fingerprint density at radius 3 is 2.23 bits per heavy atom. The Hall–Kier alpha value is -3.08. The van der Waals surface area contributed by atoms with Gasteiger partial charge in [0.15, 0.2) is 16.5 Å². The Morgan fingerprint density at radius 1 is 1.12 bits per heavy atom. The first-order chi connectivity index (χ1) is 12.0. The maximum atomic E-state index is 12.1. The van der Waals surface area contributed by atoms with Crippen LogP contribution in [0.25, 0.3) is 0 Å². The van der Waals surface area contributed by atoms with Crippen molar-refractivity contribution in [2.45, 2.75) is 0 Å². The van der Waals surface area contributed by atoms with Crippen LogP contribution >= 0.6 is 0 Å². The van der Waals surface area contributed by atoms with Crippen LogP contribution in [0.15, 0.2) is 33.2 Å². The first kappa shape index (κ1) is 19.2. The standard InChI is InChI=1S/C15H19N5O5S/c1-19(2)14(22)8-6-5-7-9(11(8)21)17-13-10(16)12(15(23)20(3)4)26(24,25)18-13/h5-7,21H,16H2,1-4H3,(H,17,18). The molecular formula is C15H19N5O5S. The fourth-order valence-electron chi connectivity index (χ4n) is 2.17. The molecule has 0 aliphatic carbocycles. The zero-order chi connectivity index (χ0) is 19.8. The topological polar surface area (TPSA) is 145 Å². The average Bonchev–Trinajstić information content (AvgIpc) is 2.76. The molecule has 1 aromatic rings. The molecule has 2 rings (SSSR count). The highest BCUT2D eigenvalue weighted by Crippen LogP contribution is 2.30. The Kier molecular flexibility index (Phi) is 4.94. The Morgan fingerprint density at radius 2 is 1.69 bits per heavy atom. The van der Waals surface area contributed by atoms with Crippen molar-refractivity contribution < 1.29 is 23.1 Å². The van der Waals surface area contributed by atoms with Gasteiger partial charge in [0.25, 0.3) is 21.8 Å². The third-order valence-electron chi connectivity index (χ3n) is 3.50. The summed E-state index contributed by atoms with van der Waals surface area (Å²) >= 11 is 0. The van der Waals surface area contributed by atoms with Gasteiger partial charge in [0.05, 0.1) is 11.3 Å². The largest absolute Gasteiger partial charge is 0.505 e. The van der Waals surface area contributed by atoms with Crippen LogP contribution in [0.1, 0.15) is 10.4 Å². The zero-order valence-electron chi connectivity index (χ0n) is 14.6. The Bertz CT molecular complexity index is 947. The summed E-state index contributed by atoms with van der Waals surface area (Å²) in [7, 11) is 1.54. The number of nitrogens with two attached hydrogens (primary N) is 1. The summed E-state index contributed by atoms with van der Waals surface area (Å²) in [6.45, 7) is 0. The molecule has 0 saturated heterocycles. The van der Waals surface area contributed by atoms with E-state index in [1.54, 1.807) is 0 Å². The minimum atomic E-state index is -4.27. The molecule has 1 aliphatic rings. The van der Waals surface area contributed by atoms with E-state index in [1.165, 1.54) is 51.3 Å². The number of benzene rings is 1. The van der Waals surface area contributed by atoms with E-state index >= 15 is 0 Å². The van der Waals surface area contributed by atoms with Crippen molar-refractivity contribution in [3.8, 4) is 5.75 Å². The highest BCUT2D eigenvalue weighted by molar-refractivity contribution is 7.95. The normalized spacial score (nSPS) is 15.5. The molecule has 0 fully saturated rings. The summed E-state index contributed by atoms with van der Waals surface area (Å²) < 4.78 is 27.7. The summed E-state index contributed by atoms with van der Waals surface area (Å²) in [5.74, 6) is -1.96. The van der Waals surface area contributed by atoms with Crippen LogP contribution in [-0.4, -0.2) is 69.2 Å². The molecule has 1 aromatic carbocycles. The number of likely N-dealkylation sites (N-methyl/N-ethyl adjacent to an activating group) is 1. The van der Waals surface area contributed by atoms with Gasteiger partial charge in [-0.2, -0.15) is 8.42 Å². The van der Waals surface area contributed by atoms with E-state index in [9.17, 15) is 23.1 Å². The minimum absolute atomic E-state index is 0.00796. The molecule has 0 aromatic heterocycles. The van der Waals surface area contributed by atoms with Gasteiger partial charge in [-0.05, 0) is 12.1 Å². The van der Waals surface area contributed by atoms with Crippen LogP contribution in [0, 0.1) is 0 Å². The number of para-hydroxylation sites is 1. The summed E-state index contributed by atoms with van der Waals surface area (Å²) in [5.41, 5.74) is 5.45. The highest BCUT2D eigenvalue weighted by Gasteiger charge is 2.37. The lowest BCUT2D eigenvalue weighted by molar-refractivity contribution is -0.124. The van der Waals surface area contributed by atoms with Crippen molar-refractivity contribution in [2.24, 2.45) is 10.1 Å². The monoisotopic (exact) mass is 381 g/mol. The third kappa shape index (κ3) is 3.33. The second-order valence-electron chi connectivity index (χ2n) is 5.88. The molecule has 0 radical (unpaired) electrons. The number of nitrogens with zero attached hydrogens (tertiary/aromatic N) is 3. The number of carbonyl (C=O) groups excluding carboxylic acids is 2. The van der Waals surface area contributed by atoms with Crippen LogP contribution < -0.4 is 11.1 Å². The number of amidine groups is 1. The van der Waals surface area contributed by atoms with Gasteiger partial charge in [-0.1, -0.05) is 6.07 Å². The number of nitrogens with one attached hydrogen (secondary N) is 1. The summed E-state index contributed by atoms with van der Waals surface area (Å²) in [6.07, 6.45) is 0. The minimum Gasteiger partial charge on any atom is -0.505 e. The van der Waals surface area contributed by atoms with Crippen molar-refractivity contribution in [2.75, 3.05) is 33.5 Å². The lowest BCUT2D eigenvalue weighted by atomic mass is 10.1. The number of hydrogen-bond donors (Lipinski definition) is 3. The quantitative estimate of drug-likeness (QED) is 0.599. The number of phenols is 1. The maximum absolute atomic E-state index is 12.1. The van der Waals surface area contributed by atoms with Gasteiger partial charge in [0.1, 0.15) is 5.70 Å². The van der Waals surface area contributed by atoms with Crippen LogP contribution in [0.4, 0.5) is 5.69 Å². The van der Waals surface area contributed by atoms with Crippen molar-refractivity contribution >= 4 is 33.4 Å². The SMILES string of the molecule is CN(C)C(=O)C1=C(N)C(Nc2cccc(C(=O)N(C)C)c2O)=NS1(=O)=O. The number of phenolic OH excluding ortho intramolecular Hbond substituents is 1. The molecule has 0 saturated carbocycles. The number of carbonyl (C=O) groups is 2. The van der Waals surface area contributed by atoms with E-state index in [0.29, 0.717) is 0 Å². The molecule has 10 nitrogen and oxygen atoms in total. The number of sulfonamides is 1. The fourth-order valence-corrected chi connectivity index (χ4v) is 3.42. The molecule has 1 aliphatic heterocycles. The average molecular weight is 381 g/mol.